The molecule has 1 saturated carbocycles. The van der Waals surface area contributed by atoms with E-state index in [9.17, 15) is 4.79 Å². The Morgan fingerprint density at radius 2 is 2.16 bits per heavy atom. The molecule has 0 spiro atoms. The number of nitrogens with one attached hydrogen (secondary N) is 1. The van der Waals surface area contributed by atoms with Gasteiger partial charge in [-0.2, -0.15) is 4.80 Å². The van der Waals surface area contributed by atoms with Gasteiger partial charge in [-0.05, 0) is 61.2 Å². The lowest BCUT2D eigenvalue weighted by Gasteiger charge is -2.34. The summed E-state index contributed by atoms with van der Waals surface area (Å²) in [6, 6.07) is 9.22. The van der Waals surface area contributed by atoms with Crippen LogP contribution >= 0.6 is 0 Å². The molecule has 2 saturated heterocycles. The lowest BCUT2D eigenvalue weighted by atomic mass is 9.70. The summed E-state index contributed by atoms with van der Waals surface area (Å²) in [6.07, 6.45) is 5.43. The smallest absolute Gasteiger partial charge is 0.259 e. The van der Waals surface area contributed by atoms with E-state index in [-0.39, 0.29) is 11.3 Å². The molecule has 9 heteroatoms. The number of nitrogens with zero attached hydrogens (tertiary/aromatic N) is 5. The van der Waals surface area contributed by atoms with Crippen LogP contribution in [0, 0.1) is 19.3 Å². The van der Waals surface area contributed by atoms with Crippen molar-refractivity contribution >= 4 is 17.2 Å². The summed E-state index contributed by atoms with van der Waals surface area (Å²) in [6.45, 7) is 5.41. The summed E-state index contributed by atoms with van der Waals surface area (Å²) in [5.41, 5.74) is 10.1. The first-order valence-electron chi connectivity index (χ1n) is 10.6. The Balaban J connectivity index is 1.38. The third kappa shape index (κ3) is 3.64. The van der Waals surface area contributed by atoms with Gasteiger partial charge >= 0.3 is 0 Å². The molecule has 2 bridgehead atoms. The largest absolute Gasteiger partial charge is 0.404 e. The standard InChI is InChI=1S/C23H25N7O2/c1-14-7-15(2)20(26-22(31)18(11-24)19-5-3-4-6-25-19)8-17(14)21-27-29-30(28-21)12-23-9-16(10-23)32-13-23/h3-8,11,16H,9-10,12-13,24H2,1-2H3,(H,26,31)/b18-11+. The average Bonchev–Trinajstić information content (AvgIpc) is 3.48. The fraction of sp³-hybridized carbons (Fsp3) is 0.348. The van der Waals surface area contributed by atoms with Crippen LogP contribution in [0.1, 0.15) is 29.7 Å². The van der Waals surface area contributed by atoms with Crippen LogP contribution in [0.15, 0.2) is 42.7 Å². The number of hydrogen-bond donors (Lipinski definition) is 2. The number of tetrazole rings is 1. The summed E-state index contributed by atoms with van der Waals surface area (Å²) in [5, 5.41) is 16.1. The van der Waals surface area contributed by atoms with Gasteiger partial charge < -0.3 is 15.8 Å². The first-order valence-corrected chi connectivity index (χ1v) is 10.6. The van der Waals surface area contributed by atoms with Crippen molar-refractivity contribution < 1.29 is 9.53 Å². The van der Waals surface area contributed by atoms with Crippen molar-refractivity contribution in [2.24, 2.45) is 11.1 Å². The van der Waals surface area contributed by atoms with Crippen molar-refractivity contribution in [2.75, 3.05) is 11.9 Å². The van der Waals surface area contributed by atoms with E-state index in [2.05, 4.69) is 25.7 Å². The zero-order chi connectivity index (χ0) is 22.3. The summed E-state index contributed by atoms with van der Waals surface area (Å²) < 4.78 is 5.69. The molecule has 4 heterocycles. The second-order valence-electron chi connectivity index (χ2n) is 8.72. The van der Waals surface area contributed by atoms with Gasteiger partial charge in [0.05, 0.1) is 30.5 Å². The number of amides is 1. The monoisotopic (exact) mass is 431 g/mol. The Bertz CT molecular complexity index is 1190. The first kappa shape index (κ1) is 20.3. The summed E-state index contributed by atoms with van der Waals surface area (Å²) >= 11 is 0. The second kappa shape index (κ2) is 7.83. The summed E-state index contributed by atoms with van der Waals surface area (Å²) in [5.74, 6) is 0.198. The molecule has 3 N–H and O–H groups in total. The number of anilines is 1. The molecule has 0 unspecified atom stereocenters. The van der Waals surface area contributed by atoms with Crippen LogP contribution in [0.5, 0.6) is 0 Å². The molecule has 32 heavy (non-hydrogen) atoms. The molecule has 0 atom stereocenters. The highest BCUT2D eigenvalue weighted by Crippen LogP contribution is 2.50. The first-order chi connectivity index (χ1) is 15.5. The number of aryl methyl sites for hydroxylation is 2. The predicted octanol–water partition coefficient (Wildman–Crippen LogP) is 2.47. The van der Waals surface area contributed by atoms with Crippen molar-refractivity contribution in [3.63, 3.8) is 0 Å². The molecule has 164 valence electrons. The van der Waals surface area contributed by atoms with Crippen LogP contribution in [0.3, 0.4) is 0 Å². The van der Waals surface area contributed by atoms with Crippen molar-refractivity contribution in [1.29, 1.82) is 0 Å². The van der Waals surface area contributed by atoms with Crippen LogP contribution in [-0.2, 0) is 16.1 Å². The van der Waals surface area contributed by atoms with Gasteiger partial charge in [-0.15, -0.1) is 10.2 Å². The minimum atomic E-state index is -0.333. The van der Waals surface area contributed by atoms with E-state index in [0.717, 1.165) is 36.1 Å². The van der Waals surface area contributed by atoms with Crippen molar-refractivity contribution in [1.82, 2.24) is 25.2 Å². The van der Waals surface area contributed by atoms with E-state index in [1.165, 1.54) is 6.20 Å². The van der Waals surface area contributed by atoms with Gasteiger partial charge in [-0.3, -0.25) is 9.78 Å². The third-order valence-corrected chi connectivity index (χ3v) is 6.29. The number of fused-ring (bicyclic) bond motifs is 1. The molecule has 9 nitrogen and oxygen atoms in total. The Morgan fingerprint density at radius 1 is 1.31 bits per heavy atom. The van der Waals surface area contributed by atoms with Crippen molar-refractivity contribution in [3.8, 4) is 11.4 Å². The Hall–Kier alpha value is -3.59. The SMILES string of the molecule is Cc1cc(C)c(-c2nnn(CC34COC(C3)C4)n2)cc1NC(=O)/C(=C/N)c1ccccn1. The molecule has 6 rings (SSSR count). The van der Waals surface area contributed by atoms with E-state index in [1.54, 1.807) is 23.1 Å². The topological polar surface area (TPSA) is 121 Å². The Morgan fingerprint density at radius 3 is 2.84 bits per heavy atom. The summed E-state index contributed by atoms with van der Waals surface area (Å²) in [7, 11) is 0. The minimum absolute atomic E-state index is 0.153. The van der Waals surface area contributed by atoms with Crippen molar-refractivity contribution in [2.45, 2.75) is 39.3 Å². The number of pyridine rings is 1. The number of carbonyl (C=O) groups excluding carboxylic acids is 1. The van der Waals surface area contributed by atoms with Gasteiger partial charge in [0, 0.05) is 29.1 Å². The maximum absolute atomic E-state index is 12.9. The maximum atomic E-state index is 12.9. The number of hydrogen-bond acceptors (Lipinski definition) is 7. The molecule has 3 aromatic rings. The van der Waals surface area contributed by atoms with Crippen LogP contribution in [0.4, 0.5) is 5.69 Å². The Labute approximate surface area is 185 Å². The molecule has 1 aromatic carbocycles. The molecule has 2 aliphatic heterocycles. The van der Waals surface area contributed by atoms with Crippen LogP contribution in [0.2, 0.25) is 0 Å². The normalized spacial score (nSPS) is 21.9. The number of benzene rings is 1. The van der Waals surface area contributed by atoms with Crippen molar-refractivity contribution in [3.05, 3.63) is 59.5 Å². The van der Waals surface area contributed by atoms with E-state index >= 15 is 0 Å². The van der Waals surface area contributed by atoms with E-state index < -0.39 is 0 Å². The fourth-order valence-corrected chi connectivity index (χ4v) is 4.55. The van der Waals surface area contributed by atoms with Crippen LogP contribution in [0.25, 0.3) is 17.0 Å². The summed E-state index contributed by atoms with van der Waals surface area (Å²) in [4.78, 5) is 18.8. The maximum Gasteiger partial charge on any atom is 0.259 e. The molecule has 1 aliphatic carbocycles. The number of carbonyl (C=O) groups is 1. The zero-order valence-electron chi connectivity index (χ0n) is 18.1. The molecule has 2 aromatic heterocycles. The number of rotatable bonds is 6. The van der Waals surface area contributed by atoms with E-state index in [4.69, 9.17) is 10.5 Å². The average molecular weight is 432 g/mol. The lowest BCUT2D eigenvalue weighted by Crippen LogP contribution is -2.37. The van der Waals surface area contributed by atoms with Crippen LogP contribution in [-0.4, -0.2) is 43.8 Å². The third-order valence-electron chi connectivity index (χ3n) is 6.29. The highest BCUT2D eigenvalue weighted by atomic mass is 16.5. The molecule has 3 fully saturated rings. The van der Waals surface area contributed by atoms with Gasteiger partial charge in [-0.25, -0.2) is 0 Å². The molecule has 0 radical (unpaired) electrons. The van der Waals surface area contributed by atoms with E-state index in [1.807, 2.05) is 32.0 Å². The predicted molar refractivity (Wildman–Crippen MR) is 119 cm³/mol. The minimum Gasteiger partial charge on any atom is -0.404 e. The molecule has 1 amide bonds. The van der Waals surface area contributed by atoms with Crippen LogP contribution < -0.4 is 11.1 Å². The zero-order valence-corrected chi connectivity index (χ0v) is 18.1. The molecule has 3 aliphatic rings. The quantitative estimate of drug-likeness (QED) is 0.575. The molecular formula is C23H25N7O2. The Kier molecular flexibility index (Phi) is 4.97. The van der Waals surface area contributed by atoms with E-state index in [0.29, 0.717) is 35.4 Å². The van der Waals surface area contributed by atoms with Gasteiger partial charge in [0.25, 0.3) is 5.91 Å². The highest BCUT2D eigenvalue weighted by molar-refractivity contribution is 6.24. The molecular weight excluding hydrogens is 406 g/mol. The van der Waals surface area contributed by atoms with Gasteiger partial charge in [-0.1, -0.05) is 12.1 Å². The van der Waals surface area contributed by atoms with Gasteiger partial charge in [0.15, 0.2) is 0 Å². The van der Waals surface area contributed by atoms with Gasteiger partial charge in [0.2, 0.25) is 5.82 Å². The lowest BCUT2D eigenvalue weighted by molar-refractivity contribution is -0.111. The fourth-order valence-electron chi connectivity index (χ4n) is 4.55. The second-order valence-corrected chi connectivity index (χ2v) is 8.72. The highest BCUT2D eigenvalue weighted by Gasteiger charge is 2.52. The van der Waals surface area contributed by atoms with Gasteiger partial charge in [0.1, 0.15) is 0 Å². The number of nitrogens with two attached hydrogens (primary N) is 1. The number of ether oxygens (including phenoxy) is 1. The number of aromatic nitrogens is 5.